The summed E-state index contributed by atoms with van der Waals surface area (Å²) in [7, 11) is 1.64. The van der Waals surface area contributed by atoms with Crippen molar-refractivity contribution in [3.05, 3.63) is 31.3 Å². The first-order chi connectivity index (χ1) is 7.82. The Kier molecular flexibility index (Phi) is 2.62. The van der Waals surface area contributed by atoms with Crippen LogP contribution in [0.4, 0.5) is 0 Å². The second-order valence-corrected chi connectivity index (χ2v) is 5.28. The molecule has 1 saturated heterocycles. The van der Waals surface area contributed by atoms with Gasteiger partial charge < -0.3 is 0 Å². The highest BCUT2D eigenvalue weighted by Gasteiger charge is 2.64. The summed E-state index contributed by atoms with van der Waals surface area (Å²) in [5, 5.41) is 22.5. The molecule has 1 aliphatic heterocycles. The molecule has 2 atom stereocenters. The average Bonchev–Trinajstić information content (AvgIpc) is 2.23. The van der Waals surface area contributed by atoms with Gasteiger partial charge in [0.2, 0.25) is 5.54 Å². The van der Waals surface area contributed by atoms with Crippen LogP contribution in [0.1, 0.15) is 12.8 Å². The summed E-state index contributed by atoms with van der Waals surface area (Å²) < 4.78 is 0. The fraction of sp³-hybridized carbons (Fsp3) is 0.778. The van der Waals surface area contributed by atoms with Crippen LogP contribution >= 0.6 is 11.6 Å². The first kappa shape index (κ1) is 12.3. The van der Waals surface area contributed by atoms with Crippen LogP contribution in [-0.4, -0.2) is 46.0 Å². The van der Waals surface area contributed by atoms with Crippen molar-refractivity contribution in [2.24, 2.45) is 0 Å². The van der Waals surface area contributed by atoms with Crippen molar-refractivity contribution >= 4 is 11.6 Å². The molecule has 0 N–H and O–H groups in total. The summed E-state index contributed by atoms with van der Waals surface area (Å²) in [6.07, 6.45) is 1.46. The van der Waals surface area contributed by atoms with Gasteiger partial charge in [-0.3, -0.25) is 25.1 Å². The molecular weight excluding hydrogens is 250 g/mol. The van der Waals surface area contributed by atoms with E-state index in [0.717, 1.165) is 0 Å². The summed E-state index contributed by atoms with van der Waals surface area (Å²) in [6, 6.07) is 0. The van der Waals surface area contributed by atoms with E-state index < -0.39 is 20.9 Å². The van der Waals surface area contributed by atoms with E-state index in [1.807, 2.05) is 0 Å². The minimum Gasteiger partial charge on any atom is -0.292 e. The SMILES string of the molecule is CN1C[C@@]2([N+](=O)[O-])CC=C(Cl)[C@@]([N+](=O)[O-])(C1)C2. The van der Waals surface area contributed by atoms with Gasteiger partial charge in [-0.1, -0.05) is 17.7 Å². The molecule has 8 heteroatoms. The number of halogens is 1. The number of hydrogen-bond acceptors (Lipinski definition) is 5. The van der Waals surface area contributed by atoms with Gasteiger partial charge in [-0.15, -0.1) is 0 Å². The molecule has 2 bridgehead atoms. The number of likely N-dealkylation sites (tertiary alicyclic amines) is 1. The average molecular weight is 262 g/mol. The zero-order valence-corrected chi connectivity index (χ0v) is 10.0. The van der Waals surface area contributed by atoms with Gasteiger partial charge in [0.05, 0.1) is 24.5 Å². The van der Waals surface area contributed by atoms with Crippen molar-refractivity contribution in [2.75, 3.05) is 20.1 Å². The molecule has 0 unspecified atom stereocenters. The zero-order valence-electron chi connectivity index (χ0n) is 9.26. The van der Waals surface area contributed by atoms with E-state index in [-0.39, 0.29) is 31.0 Å². The van der Waals surface area contributed by atoms with Crippen molar-refractivity contribution in [3.8, 4) is 0 Å². The van der Waals surface area contributed by atoms with E-state index in [9.17, 15) is 20.2 Å². The van der Waals surface area contributed by atoms with Crippen molar-refractivity contribution in [2.45, 2.75) is 23.9 Å². The summed E-state index contributed by atoms with van der Waals surface area (Å²) in [5.41, 5.74) is -2.79. The van der Waals surface area contributed by atoms with Crippen molar-refractivity contribution in [1.82, 2.24) is 4.90 Å². The highest BCUT2D eigenvalue weighted by atomic mass is 35.5. The van der Waals surface area contributed by atoms with Gasteiger partial charge in [-0.2, -0.15) is 0 Å². The van der Waals surface area contributed by atoms with Gasteiger partial charge in [-0.25, -0.2) is 0 Å². The molecule has 0 spiro atoms. The van der Waals surface area contributed by atoms with Crippen LogP contribution in [0.25, 0.3) is 0 Å². The monoisotopic (exact) mass is 261 g/mol. The standard InChI is InChI=1S/C9H12ClN3O4/c1-11-5-8(12(14)15)3-2-7(10)9(4-8,6-11)13(16)17/h2H,3-6H2,1H3/t8-,9+/m1/s1. The minimum atomic E-state index is -1.51. The van der Waals surface area contributed by atoms with Gasteiger partial charge in [0.1, 0.15) is 0 Å². The van der Waals surface area contributed by atoms with Crippen LogP contribution in [-0.2, 0) is 0 Å². The highest BCUT2D eigenvalue weighted by Crippen LogP contribution is 2.45. The smallest absolute Gasteiger partial charge is 0.276 e. The molecule has 94 valence electrons. The van der Waals surface area contributed by atoms with Gasteiger partial charge in [-0.05, 0) is 7.05 Å². The number of nitro groups is 2. The number of likely N-dealkylation sites (N-methyl/N-ethyl adjacent to an activating group) is 1. The van der Waals surface area contributed by atoms with Crippen molar-refractivity contribution < 1.29 is 9.85 Å². The Morgan fingerprint density at radius 1 is 1.35 bits per heavy atom. The molecule has 0 saturated carbocycles. The van der Waals surface area contributed by atoms with E-state index in [0.29, 0.717) is 0 Å². The Morgan fingerprint density at radius 3 is 2.53 bits per heavy atom. The predicted molar refractivity (Wildman–Crippen MR) is 60.1 cm³/mol. The zero-order chi connectivity index (χ0) is 12.8. The number of rotatable bonds is 2. The summed E-state index contributed by atoms with van der Waals surface area (Å²) in [4.78, 5) is 23.2. The summed E-state index contributed by atoms with van der Waals surface area (Å²) in [5.74, 6) is 0. The fourth-order valence-corrected chi connectivity index (χ4v) is 3.11. The molecule has 1 fully saturated rings. The lowest BCUT2D eigenvalue weighted by Crippen LogP contribution is -2.66. The molecule has 1 heterocycles. The molecule has 1 aliphatic carbocycles. The van der Waals surface area contributed by atoms with Crippen LogP contribution in [0.2, 0.25) is 0 Å². The normalized spacial score (nSPS) is 37.4. The number of hydrogen-bond donors (Lipinski definition) is 0. The topological polar surface area (TPSA) is 89.5 Å². The Bertz CT molecular complexity index is 426. The van der Waals surface area contributed by atoms with E-state index in [1.54, 1.807) is 11.9 Å². The van der Waals surface area contributed by atoms with Crippen LogP contribution in [0, 0.1) is 20.2 Å². The molecule has 2 rings (SSSR count). The molecule has 7 nitrogen and oxygen atoms in total. The maximum absolute atomic E-state index is 11.2. The largest absolute Gasteiger partial charge is 0.292 e. The van der Waals surface area contributed by atoms with E-state index in [4.69, 9.17) is 11.6 Å². The maximum atomic E-state index is 11.2. The lowest BCUT2D eigenvalue weighted by Gasteiger charge is -2.43. The predicted octanol–water partition coefficient (Wildman–Crippen LogP) is 0.879. The summed E-state index contributed by atoms with van der Waals surface area (Å²) in [6.45, 7) is 0.335. The van der Waals surface area contributed by atoms with Crippen LogP contribution < -0.4 is 0 Å². The molecule has 17 heavy (non-hydrogen) atoms. The van der Waals surface area contributed by atoms with Crippen LogP contribution in [0.15, 0.2) is 11.1 Å². The molecule has 0 amide bonds. The van der Waals surface area contributed by atoms with Gasteiger partial charge >= 0.3 is 0 Å². The fourth-order valence-electron chi connectivity index (χ4n) is 2.83. The molecule has 0 aromatic heterocycles. The molecular formula is C9H12ClN3O4. The van der Waals surface area contributed by atoms with Gasteiger partial charge in [0.25, 0.3) is 5.54 Å². The van der Waals surface area contributed by atoms with E-state index in [2.05, 4.69) is 0 Å². The Hall–Kier alpha value is -1.21. The second kappa shape index (κ2) is 3.64. The van der Waals surface area contributed by atoms with E-state index >= 15 is 0 Å². The molecule has 2 aliphatic rings. The number of nitrogens with zero attached hydrogens (tertiary/aromatic N) is 3. The van der Waals surface area contributed by atoms with Gasteiger partial charge in [0, 0.05) is 16.3 Å². The Morgan fingerprint density at radius 2 is 2.00 bits per heavy atom. The third-order valence-corrected chi connectivity index (χ3v) is 4.07. The summed E-state index contributed by atoms with van der Waals surface area (Å²) >= 11 is 5.94. The first-order valence-electron chi connectivity index (χ1n) is 5.16. The molecule has 0 aromatic rings. The number of piperidine rings is 1. The Balaban J connectivity index is 2.52. The minimum absolute atomic E-state index is 0.116. The highest BCUT2D eigenvalue weighted by molar-refractivity contribution is 6.30. The third kappa shape index (κ3) is 1.61. The number of fused-ring (bicyclic) bond motifs is 2. The van der Waals surface area contributed by atoms with Gasteiger partial charge in [0.15, 0.2) is 0 Å². The Labute approximate surface area is 102 Å². The lowest BCUT2D eigenvalue weighted by molar-refractivity contribution is -0.619. The van der Waals surface area contributed by atoms with Crippen molar-refractivity contribution in [1.29, 1.82) is 0 Å². The van der Waals surface area contributed by atoms with Crippen molar-refractivity contribution in [3.63, 3.8) is 0 Å². The lowest BCUT2D eigenvalue weighted by atomic mass is 9.72. The van der Waals surface area contributed by atoms with E-state index in [1.165, 1.54) is 6.08 Å². The molecule has 0 radical (unpaired) electrons. The maximum Gasteiger partial charge on any atom is 0.276 e. The molecule has 0 aromatic carbocycles. The van der Waals surface area contributed by atoms with Crippen LogP contribution in [0.3, 0.4) is 0 Å². The van der Waals surface area contributed by atoms with Crippen LogP contribution in [0.5, 0.6) is 0 Å². The third-order valence-electron chi connectivity index (χ3n) is 3.56. The second-order valence-electron chi connectivity index (χ2n) is 4.88. The first-order valence-corrected chi connectivity index (χ1v) is 5.54. The quantitative estimate of drug-likeness (QED) is 0.544.